The average Bonchev–Trinajstić information content (AvgIpc) is 3.04. The highest BCUT2D eigenvalue weighted by molar-refractivity contribution is 7.89. The Hall–Kier alpha value is -2.20. The maximum absolute atomic E-state index is 13.9. The minimum atomic E-state index is -3.65. The second kappa shape index (κ2) is 6.75. The van der Waals surface area contributed by atoms with Crippen LogP contribution in [0.1, 0.15) is 11.1 Å². The lowest BCUT2D eigenvalue weighted by Gasteiger charge is -2.21. The van der Waals surface area contributed by atoms with E-state index < -0.39 is 51.2 Å². The molecule has 1 heterocycles. The minimum Gasteiger partial charge on any atom is -0.366 e. The topological polar surface area (TPSA) is 40.6 Å². The highest BCUT2D eigenvalue weighted by atomic mass is 32.2. The van der Waals surface area contributed by atoms with Gasteiger partial charge in [-0.05, 0) is 30.2 Å². The molecule has 146 valence electrons. The third-order valence-corrected chi connectivity index (χ3v) is 6.28. The molecule has 0 spiro atoms. The smallest absolute Gasteiger partial charge is 0.242 e. The number of fused-ring (bicyclic) bond motifs is 1. The molecule has 2 aromatic carbocycles. The van der Waals surface area contributed by atoms with Crippen molar-refractivity contribution < 1.29 is 30.4 Å². The van der Waals surface area contributed by atoms with Crippen LogP contribution < -0.4 is 4.90 Å². The van der Waals surface area contributed by atoms with Crippen LogP contribution in [0, 0.1) is 29.1 Å². The van der Waals surface area contributed by atoms with E-state index in [1.807, 2.05) is 0 Å². The summed E-state index contributed by atoms with van der Waals surface area (Å²) in [6.45, 7) is -0.279. The number of halogens is 5. The molecule has 0 fully saturated rings. The van der Waals surface area contributed by atoms with E-state index in [0.717, 1.165) is 4.31 Å². The Kier molecular flexibility index (Phi) is 4.89. The number of benzene rings is 2. The summed E-state index contributed by atoms with van der Waals surface area (Å²) in [7, 11) is -0.876. The van der Waals surface area contributed by atoms with Crippen molar-refractivity contribution in [3.63, 3.8) is 0 Å². The van der Waals surface area contributed by atoms with Crippen LogP contribution in [0.5, 0.6) is 0 Å². The molecule has 0 unspecified atom stereocenters. The van der Waals surface area contributed by atoms with Crippen LogP contribution in [-0.2, 0) is 23.0 Å². The number of anilines is 1. The van der Waals surface area contributed by atoms with E-state index in [9.17, 15) is 30.4 Å². The molecule has 10 heteroatoms. The number of hydrogen-bond acceptors (Lipinski definition) is 3. The lowest BCUT2D eigenvalue weighted by molar-refractivity contribution is 0.369. The van der Waals surface area contributed by atoms with Gasteiger partial charge in [0.2, 0.25) is 15.8 Å². The Morgan fingerprint density at radius 1 is 0.963 bits per heavy atom. The van der Waals surface area contributed by atoms with Gasteiger partial charge in [-0.15, -0.1) is 0 Å². The second-order valence-corrected chi connectivity index (χ2v) is 8.45. The van der Waals surface area contributed by atoms with Gasteiger partial charge in [0.1, 0.15) is 0 Å². The Morgan fingerprint density at radius 3 is 2.07 bits per heavy atom. The van der Waals surface area contributed by atoms with Crippen molar-refractivity contribution in [2.24, 2.45) is 0 Å². The molecule has 1 aliphatic heterocycles. The van der Waals surface area contributed by atoms with Crippen molar-refractivity contribution in [1.82, 2.24) is 4.31 Å². The molecule has 0 aliphatic carbocycles. The van der Waals surface area contributed by atoms with Crippen LogP contribution in [0.3, 0.4) is 0 Å². The van der Waals surface area contributed by atoms with Crippen molar-refractivity contribution in [2.45, 2.75) is 17.9 Å². The average molecular weight is 406 g/mol. The Labute approximate surface area is 152 Å². The second-order valence-electron chi connectivity index (χ2n) is 6.30. The summed E-state index contributed by atoms with van der Waals surface area (Å²) in [6, 6.07) is 4.25. The van der Waals surface area contributed by atoms with Crippen molar-refractivity contribution in [2.75, 3.05) is 25.5 Å². The zero-order valence-corrected chi connectivity index (χ0v) is 15.2. The summed E-state index contributed by atoms with van der Waals surface area (Å²) in [4.78, 5) is 1.50. The molecule has 0 atom stereocenters. The molecule has 0 radical (unpaired) electrons. The van der Waals surface area contributed by atoms with Gasteiger partial charge < -0.3 is 4.90 Å². The molecule has 2 aromatic rings. The van der Waals surface area contributed by atoms with Crippen molar-refractivity contribution in [3.8, 4) is 0 Å². The first-order chi connectivity index (χ1) is 12.6. The van der Waals surface area contributed by atoms with Gasteiger partial charge in [-0.1, -0.05) is 0 Å². The van der Waals surface area contributed by atoms with Gasteiger partial charge in [0.25, 0.3) is 0 Å². The molecular formula is C17H15F5N2O2S. The zero-order valence-electron chi connectivity index (χ0n) is 14.4. The van der Waals surface area contributed by atoms with Crippen LogP contribution in [0.4, 0.5) is 27.6 Å². The molecular weight excluding hydrogens is 391 g/mol. The van der Waals surface area contributed by atoms with E-state index in [2.05, 4.69) is 0 Å². The summed E-state index contributed by atoms with van der Waals surface area (Å²) in [6.07, 6.45) is 0.377. The standard InChI is InChI=1S/C17H15F5N2O2S/c1-23(2)27(25,26)10-3-4-12-9(7-10)5-6-24(12)8-11-13(18)15(20)17(22)16(21)14(11)19/h3-4,7H,5-6,8H2,1-2H3. The van der Waals surface area contributed by atoms with Gasteiger partial charge >= 0.3 is 0 Å². The maximum Gasteiger partial charge on any atom is 0.242 e. The Morgan fingerprint density at radius 2 is 1.52 bits per heavy atom. The number of sulfonamides is 1. The van der Waals surface area contributed by atoms with E-state index >= 15 is 0 Å². The van der Waals surface area contributed by atoms with Crippen LogP contribution in [0.15, 0.2) is 23.1 Å². The third-order valence-electron chi connectivity index (χ3n) is 4.47. The molecule has 27 heavy (non-hydrogen) atoms. The summed E-state index contributed by atoms with van der Waals surface area (Å²) < 4.78 is 93.2. The molecule has 0 saturated heterocycles. The van der Waals surface area contributed by atoms with Crippen LogP contribution in [0.25, 0.3) is 0 Å². The van der Waals surface area contributed by atoms with Gasteiger partial charge in [-0.25, -0.2) is 34.7 Å². The monoisotopic (exact) mass is 406 g/mol. The van der Waals surface area contributed by atoms with Crippen LogP contribution in [0.2, 0.25) is 0 Å². The van der Waals surface area contributed by atoms with E-state index in [1.54, 1.807) is 0 Å². The van der Waals surface area contributed by atoms with Crippen molar-refractivity contribution >= 4 is 15.7 Å². The van der Waals surface area contributed by atoms with Crippen molar-refractivity contribution in [1.29, 1.82) is 0 Å². The van der Waals surface area contributed by atoms with Gasteiger partial charge in [-0.3, -0.25) is 0 Å². The van der Waals surface area contributed by atoms with Gasteiger partial charge in [-0.2, -0.15) is 0 Å². The Bertz CT molecular complexity index is 995. The maximum atomic E-state index is 13.9. The molecule has 3 rings (SSSR count). The number of nitrogens with zero attached hydrogens (tertiary/aromatic N) is 2. The molecule has 0 bridgehead atoms. The quantitative estimate of drug-likeness (QED) is 0.445. The number of rotatable bonds is 4. The normalized spacial score (nSPS) is 14.1. The SMILES string of the molecule is CN(C)S(=O)(=O)c1ccc2c(c1)CCN2Cc1c(F)c(F)c(F)c(F)c1F. The highest BCUT2D eigenvalue weighted by Gasteiger charge is 2.29. The minimum absolute atomic E-state index is 0.0596. The van der Waals surface area contributed by atoms with E-state index in [0.29, 0.717) is 17.7 Å². The summed E-state index contributed by atoms with van der Waals surface area (Å²) >= 11 is 0. The fourth-order valence-electron chi connectivity index (χ4n) is 2.96. The molecule has 0 aromatic heterocycles. The number of hydrogen-bond donors (Lipinski definition) is 0. The summed E-state index contributed by atoms with van der Waals surface area (Å²) in [5.74, 6) is -9.92. The molecule has 0 amide bonds. The van der Waals surface area contributed by atoms with Crippen molar-refractivity contribution in [3.05, 3.63) is 58.4 Å². The Balaban J connectivity index is 1.97. The first-order valence-corrected chi connectivity index (χ1v) is 9.30. The third kappa shape index (κ3) is 3.16. The lowest BCUT2D eigenvalue weighted by atomic mass is 10.1. The molecule has 1 aliphatic rings. The zero-order chi connectivity index (χ0) is 20.1. The first-order valence-electron chi connectivity index (χ1n) is 7.86. The van der Waals surface area contributed by atoms with Gasteiger partial charge in [0, 0.05) is 38.4 Å². The fraction of sp³-hybridized carbons (Fsp3) is 0.294. The predicted octanol–water partition coefficient (Wildman–Crippen LogP) is 3.20. The fourth-order valence-corrected chi connectivity index (χ4v) is 3.91. The molecule has 4 nitrogen and oxygen atoms in total. The largest absolute Gasteiger partial charge is 0.366 e. The highest BCUT2D eigenvalue weighted by Crippen LogP contribution is 2.33. The summed E-state index contributed by atoms with van der Waals surface area (Å²) in [5, 5.41) is 0. The summed E-state index contributed by atoms with van der Waals surface area (Å²) in [5.41, 5.74) is 0.169. The van der Waals surface area contributed by atoms with Crippen LogP contribution >= 0.6 is 0 Å². The first kappa shape index (κ1) is 19.6. The predicted molar refractivity (Wildman–Crippen MR) is 88.3 cm³/mol. The molecule has 0 N–H and O–H groups in total. The van der Waals surface area contributed by atoms with E-state index in [1.165, 1.54) is 37.2 Å². The lowest BCUT2D eigenvalue weighted by Crippen LogP contribution is -2.23. The van der Waals surface area contributed by atoms with E-state index in [-0.39, 0.29) is 11.4 Å². The van der Waals surface area contributed by atoms with E-state index in [4.69, 9.17) is 0 Å². The van der Waals surface area contributed by atoms with Gasteiger partial charge in [0.05, 0.1) is 4.90 Å². The van der Waals surface area contributed by atoms with Crippen LogP contribution in [-0.4, -0.2) is 33.4 Å². The molecule has 0 saturated carbocycles. The van der Waals surface area contributed by atoms with Gasteiger partial charge in [0.15, 0.2) is 23.3 Å².